The van der Waals surface area contributed by atoms with Gasteiger partial charge in [0.2, 0.25) is 5.91 Å². The van der Waals surface area contributed by atoms with E-state index in [2.05, 4.69) is 5.32 Å². The average Bonchev–Trinajstić information content (AvgIpc) is 3.01. The smallest absolute Gasteiger partial charge is 0.222 e. The van der Waals surface area contributed by atoms with Crippen molar-refractivity contribution in [2.75, 3.05) is 40.9 Å². The van der Waals surface area contributed by atoms with E-state index in [0.717, 1.165) is 38.0 Å². The molecule has 1 atom stereocenters. The molecule has 1 N–H and O–H groups in total. The average molecular weight is 343 g/mol. The van der Waals surface area contributed by atoms with Gasteiger partial charge in [-0.1, -0.05) is 6.07 Å². The van der Waals surface area contributed by atoms with Gasteiger partial charge in [0.1, 0.15) is 0 Å². The Morgan fingerprint density at radius 3 is 2.70 bits per heavy atom. The topological polar surface area (TPSA) is 50.8 Å². The fourth-order valence-electron chi connectivity index (χ4n) is 2.96. The minimum Gasteiger partial charge on any atom is -0.493 e. The van der Waals surface area contributed by atoms with Crippen molar-refractivity contribution in [3.63, 3.8) is 0 Å². The van der Waals surface area contributed by atoms with Crippen LogP contribution in [0.5, 0.6) is 11.5 Å². The van der Waals surface area contributed by atoms with Crippen LogP contribution >= 0.6 is 12.4 Å². The summed E-state index contributed by atoms with van der Waals surface area (Å²) < 4.78 is 10.5. The fourth-order valence-corrected chi connectivity index (χ4v) is 2.96. The number of hydrogen-bond donors (Lipinski definition) is 1. The molecule has 0 saturated carbocycles. The third-order valence-electron chi connectivity index (χ3n) is 4.21. The van der Waals surface area contributed by atoms with Gasteiger partial charge in [-0.05, 0) is 50.0 Å². The fraction of sp³-hybridized carbons (Fsp3) is 0.588. The molecule has 6 heteroatoms. The molecule has 1 aliphatic rings. The number of methoxy groups -OCH3 is 2. The summed E-state index contributed by atoms with van der Waals surface area (Å²) in [6, 6.07) is 5.82. The summed E-state index contributed by atoms with van der Waals surface area (Å²) >= 11 is 0. The Labute approximate surface area is 144 Å². The van der Waals surface area contributed by atoms with E-state index in [0.29, 0.717) is 23.8 Å². The van der Waals surface area contributed by atoms with Crippen molar-refractivity contribution in [2.45, 2.75) is 19.3 Å². The number of hydrogen-bond acceptors (Lipinski definition) is 4. The first kappa shape index (κ1) is 19.6. The number of ether oxygens (including phenoxy) is 2. The lowest BCUT2D eigenvalue weighted by molar-refractivity contribution is -0.130. The summed E-state index contributed by atoms with van der Waals surface area (Å²) in [7, 11) is 5.20. The molecule has 1 fully saturated rings. The van der Waals surface area contributed by atoms with Crippen molar-refractivity contribution in [3.05, 3.63) is 23.8 Å². The standard InChI is InChI=1S/C17H26N2O3.ClH/c1-18-11-14-8-9-19(12-14)17(20)7-5-13-4-6-15(21-2)16(10-13)22-3;/h4,6,10,14,18H,5,7-9,11-12H2,1-3H3;1H. The number of nitrogens with one attached hydrogen (secondary N) is 1. The van der Waals surface area contributed by atoms with E-state index < -0.39 is 0 Å². The maximum atomic E-state index is 12.3. The normalized spacial score (nSPS) is 16.8. The highest BCUT2D eigenvalue weighted by molar-refractivity contribution is 5.85. The molecular formula is C17H27ClN2O3. The molecule has 0 aromatic heterocycles. The van der Waals surface area contributed by atoms with Crippen molar-refractivity contribution in [2.24, 2.45) is 5.92 Å². The molecule has 1 saturated heterocycles. The van der Waals surface area contributed by atoms with Gasteiger partial charge in [-0.15, -0.1) is 12.4 Å². The maximum Gasteiger partial charge on any atom is 0.222 e. The molecule has 1 aromatic carbocycles. The number of aryl methyl sites for hydroxylation is 1. The zero-order chi connectivity index (χ0) is 15.9. The van der Waals surface area contributed by atoms with Crippen molar-refractivity contribution >= 4 is 18.3 Å². The number of nitrogens with zero attached hydrogens (tertiary/aromatic N) is 1. The number of carbonyl (C=O) groups excluding carboxylic acids is 1. The minimum atomic E-state index is 0. The lowest BCUT2D eigenvalue weighted by atomic mass is 10.1. The lowest BCUT2D eigenvalue weighted by Gasteiger charge is -2.17. The molecule has 23 heavy (non-hydrogen) atoms. The summed E-state index contributed by atoms with van der Waals surface area (Å²) in [5, 5.41) is 3.19. The van der Waals surface area contributed by atoms with E-state index >= 15 is 0 Å². The second-order valence-electron chi connectivity index (χ2n) is 5.74. The monoisotopic (exact) mass is 342 g/mol. The highest BCUT2D eigenvalue weighted by Crippen LogP contribution is 2.28. The van der Waals surface area contributed by atoms with Gasteiger partial charge in [0.05, 0.1) is 14.2 Å². The SMILES string of the molecule is CNCC1CCN(C(=O)CCc2ccc(OC)c(OC)c2)C1.Cl. The minimum absolute atomic E-state index is 0. The van der Waals surface area contributed by atoms with Crippen LogP contribution in [0, 0.1) is 5.92 Å². The molecule has 130 valence electrons. The van der Waals surface area contributed by atoms with Crippen LogP contribution in [0.3, 0.4) is 0 Å². The summed E-state index contributed by atoms with van der Waals surface area (Å²) in [6.07, 6.45) is 2.37. The van der Waals surface area contributed by atoms with Crippen LogP contribution in [0.15, 0.2) is 18.2 Å². The van der Waals surface area contributed by atoms with E-state index in [1.807, 2.05) is 30.1 Å². The molecule has 1 unspecified atom stereocenters. The van der Waals surface area contributed by atoms with E-state index in [9.17, 15) is 4.79 Å². The number of rotatable bonds is 7. The maximum absolute atomic E-state index is 12.3. The van der Waals surface area contributed by atoms with Crippen LogP contribution < -0.4 is 14.8 Å². The second kappa shape index (κ2) is 9.63. The summed E-state index contributed by atoms with van der Waals surface area (Å²) in [5.41, 5.74) is 1.09. The Kier molecular flexibility index (Phi) is 8.20. The van der Waals surface area contributed by atoms with Gasteiger partial charge < -0.3 is 19.7 Å². The zero-order valence-corrected chi connectivity index (χ0v) is 14.9. The Morgan fingerprint density at radius 2 is 2.04 bits per heavy atom. The van der Waals surface area contributed by atoms with Crippen LogP contribution in [0.25, 0.3) is 0 Å². The highest BCUT2D eigenvalue weighted by Gasteiger charge is 2.25. The Balaban J connectivity index is 0.00000264. The van der Waals surface area contributed by atoms with Gasteiger partial charge in [-0.2, -0.15) is 0 Å². The van der Waals surface area contributed by atoms with Gasteiger partial charge >= 0.3 is 0 Å². The first-order valence-corrected chi connectivity index (χ1v) is 7.81. The van der Waals surface area contributed by atoms with E-state index in [-0.39, 0.29) is 18.3 Å². The third kappa shape index (κ3) is 5.29. The molecule has 2 rings (SSSR count). The third-order valence-corrected chi connectivity index (χ3v) is 4.21. The molecule has 0 bridgehead atoms. The van der Waals surface area contributed by atoms with Crippen LogP contribution in [0.4, 0.5) is 0 Å². The van der Waals surface area contributed by atoms with E-state index in [4.69, 9.17) is 9.47 Å². The van der Waals surface area contributed by atoms with Crippen molar-refractivity contribution in [3.8, 4) is 11.5 Å². The molecule has 1 aromatic rings. The molecule has 1 heterocycles. The number of carbonyl (C=O) groups is 1. The summed E-state index contributed by atoms with van der Waals surface area (Å²) in [5.74, 6) is 2.26. The Morgan fingerprint density at radius 1 is 1.30 bits per heavy atom. The quantitative estimate of drug-likeness (QED) is 0.824. The molecule has 0 radical (unpaired) electrons. The van der Waals surface area contributed by atoms with Gasteiger partial charge in [-0.25, -0.2) is 0 Å². The highest BCUT2D eigenvalue weighted by atomic mass is 35.5. The second-order valence-corrected chi connectivity index (χ2v) is 5.74. The lowest BCUT2D eigenvalue weighted by Crippen LogP contribution is -2.30. The first-order chi connectivity index (χ1) is 10.7. The zero-order valence-electron chi connectivity index (χ0n) is 14.1. The molecule has 0 aliphatic carbocycles. The Bertz CT molecular complexity index is 511. The van der Waals surface area contributed by atoms with Crippen LogP contribution in [0.2, 0.25) is 0 Å². The van der Waals surface area contributed by atoms with Crippen molar-refractivity contribution in [1.82, 2.24) is 10.2 Å². The predicted molar refractivity (Wildman–Crippen MR) is 93.7 cm³/mol. The Hall–Kier alpha value is -1.46. The number of amides is 1. The first-order valence-electron chi connectivity index (χ1n) is 7.81. The number of halogens is 1. The van der Waals surface area contributed by atoms with Gasteiger partial charge in [0.25, 0.3) is 0 Å². The van der Waals surface area contributed by atoms with Gasteiger partial charge in [0, 0.05) is 19.5 Å². The summed E-state index contributed by atoms with van der Waals surface area (Å²) in [4.78, 5) is 14.3. The largest absolute Gasteiger partial charge is 0.493 e. The number of benzene rings is 1. The summed E-state index contributed by atoms with van der Waals surface area (Å²) in [6.45, 7) is 2.75. The number of likely N-dealkylation sites (tertiary alicyclic amines) is 1. The predicted octanol–water partition coefficient (Wildman–Crippen LogP) is 2.13. The van der Waals surface area contributed by atoms with Crippen LogP contribution in [-0.4, -0.2) is 51.7 Å². The molecule has 1 amide bonds. The van der Waals surface area contributed by atoms with E-state index in [1.165, 1.54) is 0 Å². The van der Waals surface area contributed by atoms with Crippen molar-refractivity contribution < 1.29 is 14.3 Å². The van der Waals surface area contributed by atoms with Crippen LogP contribution in [0.1, 0.15) is 18.4 Å². The molecular weight excluding hydrogens is 316 g/mol. The van der Waals surface area contributed by atoms with Crippen LogP contribution in [-0.2, 0) is 11.2 Å². The van der Waals surface area contributed by atoms with E-state index in [1.54, 1.807) is 14.2 Å². The van der Waals surface area contributed by atoms with Gasteiger partial charge in [0.15, 0.2) is 11.5 Å². The molecule has 1 aliphatic heterocycles. The van der Waals surface area contributed by atoms with Crippen molar-refractivity contribution in [1.29, 1.82) is 0 Å². The molecule has 0 spiro atoms. The van der Waals surface area contributed by atoms with Gasteiger partial charge in [-0.3, -0.25) is 4.79 Å². The molecule has 5 nitrogen and oxygen atoms in total.